The fourth-order valence-corrected chi connectivity index (χ4v) is 4.65. The van der Waals surface area contributed by atoms with Crippen molar-refractivity contribution in [3.05, 3.63) is 44.8 Å². The number of thiophene rings is 1. The van der Waals surface area contributed by atoms with Crippen LogP contribution in [-0.2, 0) is 19.4 Å². The summed E-state index contributed by atoms with van der Waals surface area (Å²) >= 11 is 1.65. The molecule has 1 aromatic carbocycles. The van der Waals surface area contributed by atoms with E-state index in [1.54, 1.807) is 18.4 Å². The number of aromatic nitrogens is 2. The van der Waals surface area contributed by atoms with Gasteiger partial charge in [-0.25, -0.2) is 4.98 Å². The Labute approximate surface area is 155 Å². The van der Waals surface area contributed by atoms with Gasteiger partial charge in [-0.05, 0) is 43.9 Å². The lowest BCUT2D eigenvalue weighted by Crippen LogP contribution is -2.14. The van der Waals surface area contributed by atoms with Gasteiger partial charge in [-0.1, -0.05) is 0 Å². The van der Waals surface area contributed by atoms with Crippen molar-refractivity contribution < 1.29 is 9.47 Å². The van der Waals surface area contributed by atoms with Crippen molar-refractivity contribution in [1.82, 2.24) is 9.97 Å². The van der Waals surface area contributed by atoms with Crippen molar-refractivity contribution in [1.29, 1.82) is 0 Å². The van der Waals surface area contributed by atoms with E-state index in [-0.39, 0.29) is 5.56 Å². The number of aromatic amines is 1. The molecule has 2 aromatic heterocycles. The smallest absolute Gasteiger partial charge is 0.259 e. The minimum Gasteiger partial charge on any atom is -0.493 e. The predicted molar refractivity (Wildman–Crippen MR) is 104 cm³/mol. The van der Waals surface area contributed by atoms with Crippen molar-refractivity contribution >= 4 is 27.2 Å². The Bertz CT molecular complexity index is 1010. The minimum atomic E-state index is -0.0320. The summed E-state index contributed by atoms with van der Waals surface area (Å²) in [5.74, 6) is 2.01. The topological polar surface area (TPSA) is 76.2 Å². The second kappa shape index (κ2) is 6.99. The average Bonchev–Trinajstić information content (AvgIpc) is 3.21. The Balaban J connectivity index is 1.56. The van der Waals surface area contributed by atoms with Gasteiger partial charge >= 0.3 is 0 Å². The maximum absolute atomic E-state index is 12.5. The second-order valence-corrected chi connectivity index (χ2v) is 7.29. The van der Waals surface area contributed by atoms with Crippen molar-refractivity contribution in [2.75, 3.05) is 19.0 Å². The van der Waals surface area contributed by atoms with Crippen LogP contribution < -0.4 is 20.3 Å². The van der Waals surface area contributed by atoms with Crippen LogP contribution in [0, 0.1) is 0 Å². The summed E-state index contributed by atoms with van der Waals surface area (Å²) in [7, 11) is 1.62. The molecule has 0 saturated carbocycles. The number of rotatable bonds is 6. The number of aryl methyl sites for hydroxylation is 2. The van der Waals surface area contributed by atoms with Crippen LogP contribution in [0.5, 0.6) is 11.5 Å². The van der Waals surface area contributed by atoms with E-state index in [0.717, 1.165) is 35.2 Å². The summed E-state index contributed by atoms with van der Waals surface area (Å²) in [5, 5.41) is 4.07. The van der Waals surface area contributed by atoms with Gasteiger partial charge < -0.3 is 19.8 Å². The molecule has 0 radical (unpaired) electrons. The van der Waals surface area contributed by atoms with Crippen LogP contribution in [0.1, 0.15) is 29.6 Å². The number of hydrogen-bond donors (Lipinski definition) is 2. The lowest BCUT2D eigenvalue weighted by Gasteiger charge is -2.12. The lowest BCUT2D eigenvalue weighted by molar-refractivity contribution is 0.311. The van der Waals surface area contributed by atoms with Gasteiger partial charge in [0.1, 0.15) is 10.7 Å². The van der Waals surface area contributed by atoms with Gasteiger partial charge in [-0.3, -0.25) is 4.79 Å². The van der Waals surface area contributed by atoms with Crippen LogP contribution in [0.2, 0.25) is 0 Å². The van der Waals surface area contributed by atoms with E-state index in [1.807, 2.05) is 25.1 Å². The van der Waals surface area contributed by atoms with Gasteiger partial charge in [-0.2, -0.15) is 0 Å². The Kier molecular flexibility index (Phi) is 4.55. The number of fused-ring (bicyclic) bond motifs is 3. The maximum Gasteiger partial charge on any atom is 0.259 e. The average molecular weight is 371 g/mol. The summed E-state index contributed by atoms with van der Waals surface area (Å²) in [6.07, 6.45) is 3.19. The first-order valence-electron chi connectivity index (χ1n) is 8.77. The third-order valence-electron chi connectivity index (χ3n) is 4.55. The van der Waals surface area contributed by atoms with Gasteiger partial charge in [0, 0.05) is 16.6 Å². The molecule has 1 aliphatic rings. The second-order valence-electron chi connectivity index (χ2n) is 6.20. The third kappa shape index (κ3) is 3.03. The number of methoxy groups -OCH3 is 1. The van der Waals surface area contributed by atoms with Crippen molar-refractivity contribution in [3.63, 3.8) is 0 Å². The number of benzene rings is 1. The molecule has 0 saturated heterocycles. The molecule has 7 heteroatoms. The number of ether oxygens (including phenoxy) is 2. The molecule has 0 spiro atoms. The van der Waals surface area contributed by atoms with Crippen molar-refractivity contribution in [2.45, 2.75) is 32.7 Å². The van der Waals surface area contributed by atoms with Crippen LogP contribution in [0.25, 0.3) is 10.2 Å². The number of nitrogens with zero attached hydrogens (tertiary/aromatic N) is 1. The molecule has 0 atom stereocenters. The summed E-state index contributed by atoms with van der Waals surface area (Å²) in [5.41, 5.74) is 2.05. The first-order valence-corrected chi connectivity index (χ1v) is 9.59. The van der Waals surface area contributed by atoms with Gasteiger partial charge in [-0.15, -0.1) is 11.3 Å². The Morgan fingerprint density at radius 2 is 2.19 bits per heavy atom. The molecule has 3 aromatic rings. The van der Waals surface area contributed by atoms with Crippen LogP contribution in [0.3, 0.4) is 0 Å². The van der Waals surface area contributed by atoms with Crippen molar-refractivity contribution in [2.24, 2.45) is 0 Å². The molecule has 0 aliphatic heterocycles. The van der Waals surface area contributed by atoms with Crippen LogP contribution in [-0.4, -0.2) is 23.7 Å². The Hall–Kier alpha value is -2.54. The van der Waals surface area contributed by atoms with Crippen molar-refractivity contribution in [3.8, 4) is 11.5 Å². The van der Waals surface area contributed by atoms with E-state index in [2.05, 4.69) is 15.3 Å². The number of H-pyrrole nitrogens is 1. The highest BCUT2D eigenvalue weighted by atomic mass is 32.1. The normalized spacial score (nSPS) is 13.0. The van der Waals surface area contributed by atoms with E-state index < -0.39 is 0 Å². The molecule has 2 N–H and O–H groups in total. The highest BCUT2D eigenvalue weighted by molar-refractivity contribution is 7.18. The zero-order chi connectivity index (χ0) is 18.1. The molecule has 6 nitrogen and oxygen atoms in total. The molecule has 0 fully saturated rings. The number of nitrogens with one attached hydrogen (secondary N) is 2. The monoisotopic (exact) mass is 371 g/mol. The molecule has 1 aliphatic carbocycles. The standard InChI is InChI=1S/C19H21N3O3S/c1-3-25-13-8-7-11(9-14(13)24-2)20-10-16-21-18(23)17-12-5-4-6-15(12)26-19(17)22-16/h7-9,20H,3-6,10H2,1-2H3,(H,21,22,23). The molecule has 0 amide bonds. The van der Waals surface area contributed by atoms with Gasteiger partial charge in [0.2, 0.25) is 0 Å². The van der Waals surface area contributed by atoms with E-state index in [4.69, 9.17) is 9.47 Å². The highest BCUT2D eigenvalue weighted by Gasteiger charge is 2.21. The zero-order valence-electron chi connectivity index (χ0n) is 14.8. The van der Waals surface area contributed by atoms with Gasteiger partial charge in [0.05, 0.1) is 25.6 Å². The first kappa shape index (κ1) is 16.9. The van der Waals surface area contributed by atoms with E-state index in [1.165, 1.54) is 10.4 Å². The maximum atomic E-state index is 12.5. The fraction of sp³-hybridized carbons (Fsp3) is 0.368. The fourth-order valence-electron chi connectivity index (χ4n) is 3.37. The number of hydrogen-bond acceptors (Lipinski definition) is 6. The summed E-state index contributed by atoms with van der Waals surface area (Å²) in [6.45, 7) is 2.95. The molecule has 26 heavy (non-hydrogen) atoms. The summed E-state index contributed by atoms with van der Waals surface area (Å²) < 4.78 is 10.9. The highest BCUT2D eigenvalue weighted by Crippen LogP contribution is 2.34. The van der Waals surface area contributed by atoms with E-state index in [9.17, 15) is 4.79 Å². The van der Waals surface area contributed by atoms with Crippen LogP contribution >= 0.6 is 11.3 Å². The predicted octanol–water partition coefficient (Wildman–Crippen LogP) is 3.49. The minimum absolute atomic E-state index is 0.0320. The number of anilines is 1. The molecule has 2 heterocycles. The van der Waals surface area contributed by atoms with Crippen LogP contribution in [0.15, 0.2) is 23.0 Å². The SMILES string of the molecule is CCOc1ccc(NCc2nc3sc4c(c3c(=O)[nH]2)CCC4)cc1OC. The first-order chi connectivity index (χ1) is 12.7. The molecular formula is C19H21N3O3S. The van der Waals surface area contributed by atoms with Crippen LogP contribution in [0.4, 0.5) is 5.69 Å². The molecule has 136 valence electrons. The molecule has 0 bridgehead atoms. The van der Waals surface area contributed by atoms with E-state index in [0.29, 0.717) is 30.5 Å². The Morgan fingerprint density at radius 3 is 3.00 bits per heavy atom. The zero-order valence-corrected chi connectivity index (χ0v) is 15.7. The van der Waals surface area contributed by atoms with E-state index >= 15 is 0 Å². The summed E-state index contributed by atoms with van der Waals surface area (Å²) in [6, 6.07) is 5.67. The van der Waals surface area contributed by atoms with Gasteiger partial charge in [0.15, 0.2) is 11.5 Å². The quantitative estimate of drug-likeness (QED) is 0.694. The molecule has 4 rings (SSSR count). The lowest BCUT2D eigenvalue weighted by atomic mass is 10.2. The largest absolute Gasteiger partial charge is 0.493 e. The molecular weight excluding hydrogens is 350 g/mol. The van der Waals surface area contributed by atoms with Gasteiger partial charge in [0.25, 0.3) is 5.56 Å². The Morgan fingerprint density at radius 1 is 1.31 bits per heavy atom. The molecule has 0 unspecified atom stereocenters. The third-order valence-corrected chi connectivity index (χ3v) is 5.73. The summed E-state index contributed by atoms with van der Waals surface area (Å²) in [4.78, 5) is 22.2.